The lowest BCUT2D eigenvalue weighted by atomic mass is 9.93. The van der Waals surface area contributed by atoms with Crippen LogP contribution in [0.1, 0.15) is 19.4 Å². The molecular weight excluding hydrogens is 232 g/mol. The van der Waals surface area contributed by atoms with Gasteiger partial charge in [-0.15, -0.1) is 0 Å². The summed E-state index contributed by atoms with van der Waals surface area (Å²) >= 11 is 0. The lowest BCUT2D eigenvalue weighted by molar-refractivity contribution is -0.136. The molecule has 4 nitrogen and oxygen atoms in total. The molecule has 0 saturated heterocycles. The first kappa shape index (κ1) is 14.0. The summed E-state index contributed by atoms with van der Waals surface area (Å²) in [5.74, 6) is -2.68. The molecule has 4 heteroatoms. The highest BCUT2D eigenvalue weighted by Crippen LogP contribution is 2.19. The zero-order valence-corrected chi connectivity index (χ0v) is 10.4. The molecule has 2 N–H and O–H groups in total. The largest absolute Gasteiger partial charge is 0.478 e. The van der Waals surface area contributed by atoms with Crippen molar-refractivity contribution in [3.8, 4) is 0 Å². The minimum Gasteiger partial charge on any atom is -0.478 e. The summed E-state index contributed by atoms with van der Waals surface area (Å²) in [7, 11) is 0. The van der Waals surface area contributed by atoms with E-state index in [1.54, 1.807) is 38.1 Å². The number of aliphatic carboxylic acids is 2. The Balaban J connectivity index is 3.21. The van der Waals surface area contributed by atoms with E-state index in [4.69, 9.17) is 5.11 Å². The molecule has 0 amide bonds. The van der Waals surface area contributed by atoms with Crippen LogP contribution in [-0.2, 0) is 16.0 Å². The lowest BCUT2D eigenvalue weighted by Gasteiger charge is -2.12. The average Bonchev–Trinajstić information content (AvgIpc) is 2.28. The van der Waals surface area contributed by atoms with Gasteiger partial charge in [0.15, 0.2) is 0 Å². The predicted octanol–water partition coefficient (Wildman–Crippen LogP) is 2.35. The number of rotatable bonds is 5. The van der Waals surface area contributed by atoms with Crippen molar-refractivity contribution in [2.75, 3.05) is 0 Å². The summed E-state index contributed by atoms with van der Waals surface area (Å²) in [5.41, 5.74) is 0.698. The first-order valence-corrected chi connectivity index (χ1v) is 5.67. The SMILES string of the molecule is CC(C)/C(C(=O)O)=C(/Cc1ccccc1)C(=O)O. The second kappa shape index (κ2) is 6.00. The molecule has 0 heterocycles. The molecule has 0 unspecified atom stereocenters. The van der Waals surface area contributed by atoms with Crippen LogP contribution in [-0.4, -0.2) is 22.2 Å². The normalized spacial score (nSPS) is 12.2. The highest BCUT2D eigenvalue weighted by Gasteiger charge is 2.22. The Morgan fingerprint density at radius 2 is 1.61 bits per heavy atom. The van der Waals surface area contributed by atoms with E-state index in [1.165, 1.54) is 0 Å². The smallest absolute Gasteiger partial charge is 0.332 e. The molecule has 1 aromatic rings. The number of hydrogen-bond donors (Lipinski definition) is 2. The van der Waals surface area contributed by atoms with Crippen molar-refractivity contribution < 1.29 is 19.8 Å². The van der Waals surface area contributed by atoms with Gasteiger partial charge < -0.3 is 10.2 Å². The van der Waals surface area contributed by atoms with Gasteiger partial charge in [0.1, 0.15) is 0 Å². The van der Waals surface area contributed by atoms with Crippen LogP contribution in [0.5, 0.6) is 0 Å². The predicted molar refractivity (Wildman–Crippen MR) is 67.3 cm³/mol. The molecule has 0 atom stereocenters. The van der Waals surface area contributed by atoms with E-state index in [0.717, 1.165) is 5.56 Å². The summed E-state index contributed by atoms with van der Waals surface area (Å²) in [4.78, 5) is 22.4. The van der Waals surface area contributed by atoms with Crippen molar-refractivity contribution in [2.24, 2.45) is 5.92 Å². The number of carboxylic acid groups (broad SMARTS) is 2. The Hall–Kier alpha value is -2.10. The molecule has 0 spiro atoms. The van der Waals surface area contributed by atoms with E-state index in [1.807, 2.05) is 6.07 Å². The molecule has 0 aliphatic carbocycles. The standard InChI is InChI=1S/C14H16O4/c1-9(2)12(14(17)18)11(13(15)16)8-10-6-4-3-5-7-10/h3-7,9H,8H2,1-2H3,(H,15,16)(H,17,18)/b12-11+. The van der Waals surface area contributed by atoms with Crippen LogP contribution in [0.2, 0.25) is 0 Å². The molecule has 0 radical (unpaired) electrons. The Bertz CT molecular complexity index is 472. The minimum atomic E-state index is -1.18. The first-order valence-electron chi connectivity index (χ1n) is 5.67. The molecule has 0 aromatic heterocycles. The number of hydrogen-bond acceptors (Lipinski definition) is 2. The van der Waals surface area contributed by atoms with Gasteiger partial charge in [0.25, 0.3) is 0 Å². The number of carboxylic acids is 2. The van der Waals surface area contributed by atoms with Crippen LogP contribution >= 0.6 is 0 Å². The van der Waals surface area contributed by atoms with Gasteiger partial charge in [-0.1, -0.05) is 44.2 Å². The molecule has 0 saturated carbocycles. The zero-order chi connectivity index (χ0) is 13.7. The van der Waals surface area contributed by atoms with E-state index in [2.05, 4.69) is 0 Å². The van der Waals surface area contributed by atoms with Crippen LogP contribution in [0.3, 0.4) is 0 Å². The van der Waals surface area contributed by atoms with Gasteiger partial charge >= 0.3 is 11.9 Å². The Kier molecular flexibility index (Phi) is 4.66. The number of carbonyl (C=O) groups is 2. The third-order valence-corrected chi connectivity index (χ3v) is 2.61. The second-order valence-electron chi connectivity index (χ2n) is 4.32. The maximum absolute atomic E-state index is 11.2. The Morgan fingerprint density at radius 3 is 2.00 bits per heavy atom. The third kappa shape index (κ3) is 3.45. The molecule has 1 aromatic carbocycles. The average molecular weight is 248 g/mol. The van der Waals surface area contributed by atoms with Crippen LogP contribution < -0.4 is 0 Å². The van der Waals surface area contributed by atoms with Crippen molar-refractivity contribution in [3.05, 3.63) is 47.0 Å². The van der Waals surface area contributed by atoms with E-state index < -0.39 is 11.9 Å². The van der Waals surface area contributed by atoms with Gasteiger partial charge in [-0.3, -0.25) is 0 Å². The van der Waals surface area contributed by atoms with E-state index in [9.17, 15) is 14.7 Å². The van der Waals surface area contributed by atoms with Crippen molar-refractivity contribution in [2.45, 2.75) is 20.3 Å². The van der Waals surface area contributed by atoms with Gasteiger partial charge in [-0.2, -0.15) is 0 Å². The Morgan fingerprint density at radius 1 is 1.06 bits per heavy atom. The van der Waals surface area contributed by atoms with Gasteiger partial charge in [0, 0.05) is 6.42 Å². The van der Waals surface area contributed by atoms with Gasteiger partial charge in [-0.05, 0) is 11.5 Å². The fourth-order valence-electron chi connectivity index (χ4n) is 1.81. The van der Waals surface area contributed by atoms with Crippen LogP contribution in [0.4, 0.5) is 0 Å². The lowest BCUT2D eigenvalue weighted by Crippen LogP contribution is -2.17. The molecular formula is C14H16O4. The summed E-state index contributed by atoms with van der Waals surface area (Å²) in [6.07, 6.45) is 0.121. The highest BCUT2D eigenvalue weighted by molar-refractivity contribution is 5.99. The maximum atomic E-state index is 11.2. The monoisotopic (exact) mass is 248 g/mol. The van der Waals surface area contributed by atoms with Gasteiger partial charge in [0.2, 0.25) is 0 Å². The van der Waals surface area contributed by atoms with Gasteiger partial charge in [-0.25, -0.2) is 9.59 Å². The fourth-order valence-corrected chi connectivity index (χ4v) is 1.81. The topological polar surface area (TPSA) is 74.6 Å². The van der Waals surface area contributed by atoms with E-state index in [-0.39, 0.29) is 23.5 Å². The van der Waals surface area contributed by atoms with Crippen LogP contribution in [0, 0.1) is 5.92 Å². The van der Waals surface area contributed by atoms with Crippen molar-refractivity contribution >= 4 is 11.9 Å². The summed E-state index contributed by atoms with van der Waals surface area (Å²) < 4.78 is 0. The Labute approximate surface area is 106 Å². The molecule has 0 aliphatic heterocycles. The molecule has 1 rings (SSSR count). The first-order chi connectivity index (χ1) is 8.43. The molecule has 0 aliphatic rings. The summed E-state index contributed by atoms with van der Waals surface area (Å²) in [5, 5.41) is 18.3. The number of benzene rings is 1. The second-order valence-corrected chi connectivity index (χ2v) is 4.32. The molecule has 0 bridgehead atoms. The minimum absolute atomic E-state index is 0.0358. The maximum Gasteiger partial charge on any atom is 0.332 e. The molecule has 18 heavy (non-hydrogen) atoms. The quantitative estimate of drug-likeness (QED) is 0.784. The van der Waals surface area contributed by atoms with Crippen LogP contribution in [0.15, 0.2) is 41.5 Å². The molecule has 0 fully saturated rings. The van der Waals surface area contributed by atoms with Gasteiger partial charge in [0.05, 0.1) is 11.1 Å². The summed E-state index contributed by atoms with van der Waals surface area (Å²) in [6.45, 7) is 3.36. The van der Waals surface area contributed by atoms with Crippen LogP contribution in [0.25, 0.3) is 0 Å². The van der Waals surface area contributed by atoms with E-state index >= 15 is 0 Å². The zero-order valence-electron chi connectivity index (χ0n) is 10.4. The fraction of sp³-hybridized carbons (Fsp3) is 0.286. The molecule has 96 valence electrons. The summed E-state index contributed by atoms with van der Waals surface area (Å²) in [6, 6.07) is 8.98. The third-order valence-electron chi connectivity index (χ3n) is 2.61. The van der Waals surface area contributed by atoms with Crippen molar-refractivity contribution in [1.82, 2.24) is 0 Å². The van der Waals surface area contributed by atoms with E-state index in [0.29, 0.717) is 0 Å². The van der Waals surface area contributed by atoms with Crippen molar-refractivity contribution in [3.63, 3.8) is 0 Å². The highest BCUT2D eigenvalue weighted by atomic mass is 16.4. The van der Waals surface area contributed by atoms with Crippen molar-refractivity contribution in [1.29, 1.82) is 0 Å².